The van der Waals surface area contributed by atoms with Crippen LogP contribution in [0.4, 0.5) is 5.69 Å². The van der Waals surface area contributed by atoms with Gasteiger partial charge >= 0.3 is 0 Å². The van der Waals surface area contributed by atoms with Crippen LogP contribution >= 0.6 is 0 Å². The van der Waals surface area contributed by atoms with Gasteiger partial charge in [0.15, 0.2) is 0 Å². The Morgan fingerprint density at radius 1 is 1.06 bits per heavy atom. The van der Waals surface area contributed by atoms with E-state index in [2.05, 4.69) is 6.92 Å². The van der Waals surface area contributed by atoms with Crippen molar-refractivity contribution >= 4 is 27.5 Å². The Morgan fingerprint density at radius 3 is 2.41 bits per heavy atom. The summed E-state index contributed by atoms with van der Waals surface area (Å²) >= 11 is 0. The Labute approximate surface area is 191 Å². The number of likely N-dealkylation sites (tertiary alicyclic amines) is 1. The highest BCUT2D eigenvalue weighted by atomic mass is 32.2. The summed E-state index contributed by atoms with van der Waals surface area (Å²) < 4.78 is 28.1. The van der Waals surface area contributed by atoms with Gasteiger partial charge in [-0.1, -0.05) is 19.8 Å². The van der Waals surface area contributed by atoms with E-state index < -0.39 is 15.4 Å². The number of fused-ring (bicyclic) bond motifs is 1. The van der Waals surface area contributed by atoms with Gasteiger partial charge in [0.1, 0.15) is 6.54 Å². The maximum atomic E-state index is 13.3. The number of amides is 2. The minimum atomic E-state index is -3.62. The van der Waals surface area contributed by atoms with Crippen molar-refractivity contribution in [2.24, 2.45) is 5.92 Å². The second-order valence-corrected chi connectivity index (χ2v) is 12.0. The Morgan fingerprint density at radius 2 is 1.75 bits per heavy atom. The maximum Gasteiger partial charge on any atom is 0.243 e. The first-order valence-electron chi connectivity index (χ1n) is 11.9. The van der Waals surface area contributed by atoms with Crippen LogP contribution in [0.1, 0.15) is 64.9 Å². The molecular formula is C24H35N3O4S. The number of carbonyl (C=O) groups is 2. The largest absolute Gasteiger partial charge is 0.341 e. The third kappa shape index (κ3) is 4.19. The predicted octanol–water partition coefficient (Wildman–Crippen LogP) is 3.13. The highest BCUT2D eigenvalue weighted by molar-refractivity contribution is 7.89. The summed E-state index contributed by atoms with van der Waals surface area (Å²) in [6.07, 6.45) is 6.17. The Balaban J connectivity index is 1.61. The number of sulfonamides is 1. The van der Waals surface area contributed by atoms with Crippen molar-refractivity contribution in [1.82, 2.24) is 9.21 Å². The SMILES string of the molecule is CC1CCCN(S(=O)(=O)c2ccc3c(c2)C(C)(C)C(=O)N3CC(=O)N2CCCCCC2)C1. The van der Waals surface area contributed by atoms with Gasteiger partial charge in [0, 0.05) is 31.9 Å². The van der Waals surface area contributed by atoms with Crippen molar-refractivity contribution in [1.29, 1.82) is 0 Å². The normalized spacial score (nSPS) is 24.3. The smallest absolute Gasteiger partial charge is 0.243 e. The second kappa shape index (κ2) is 8.78. The minimum Gasteiger partial charge on any atom is -0.341 e. The molecule has 0 saturated carbocycles. The molecular weight excluding hydrogens is 426 g/mol. The molecule has 0 N–H and O–H groups in total. The molecule has 2 saturated heterocycles. The van der Waals surface area contributed by atoms with Gasteiger partial charge in [-0.2, -0.15) is 4.31 Å². The lowest BCUT2D eigenvalue weighted by Crippen LogP contribution is -2.44. The fourth-order valence-electron chi connectivity index (χ4n) is 5.20. The molecule has 3 heterocycles. The van der Waals surface area contributed by atoms with Crippen molar-refractivity contribution < 1.29 is 18.0 Å². The molecule has 0 aromatic heterocycles. The summed E-state index contributed by atoms with van der Waals surface area (Å²) in [5, 5.41) is 0. The summed E-state index contributed by atoms with van der Waals surface area (Å²) in [5.74, 6) is 0.145. The van der Waals surface area contributed by atoms with E-state index in [-0.39, 0.29) is 23.3 Å². The van der Waals surface area contributed by atoms with Crippen LogP contribution in [0, 0.1) is 5.92 Å². The highest BCUT2D eigenvalue weighted by Gasteiger charge is 2.45. The first kappa shape index (κ1) is 23.2. The second-order valence-electron chi connectivity index (χ2n) is 10.1. The van der Waals surface area contributed by atoms with Crippen LogP contribution in [0.2, 0.25) is 0 Å². The number of benzene rings is 1. The standard InChI is InChI=1S/C24H35N3O4S/c1-18-9-8-14-26(16-18)32(30,31)19-10-11-21-20(15-19)24(2,3)23(29)27(21)17-22(28)25-12-6-4-5-7-13-25/h10-11,15,18H,4-9,12-14,16-17H2,1-3H3. The monoisotopic (exact) mass is 461 g/mol. The first-order chi connectivity index (χ1) is 15.1. The zero-order valence-corrected chi connectivity index (χ0v) is 20.3. The molecule has 32 heavy (non-hydrogen) atoms. The molecule has 7 nitrogen and oxygen atoms in total. The first-order valence-corrected chi connectivity index (χ1v) is 13.3. The lowest BCUT2D eigenvalue weighted by molar-refractivity contribution is -0.131. The van der Waals surface area contributed by atoms with Crippen LogP contribution in [0.25, 0.3) is 0 Å². The molecule has 1 aromatic carbocycles. The molecule has 3 aliphatic rings. The van der Waals surface area contributed by atoms with Crippen molar-refractivity contribution in [3.63, 3.8) is 0 Å². The average Bonchev–Trinajstić information content (AvgIpc) is 2.97. The topological polar surface area (TPSA) is 78.0 Å². The van der Waals surface area contributed by atoms with Gasteiger partial charge in [0.25, 0.3) is 0 Å². The van der Waals surface area contributed by atoms with Crippen molar-refractivity contribution in [2.45, 2.75) is 69.6 Å². The lowest BCUT2D eigenvalue weighted by atomic mass is 9.86. The molecule has 8 heteroatoms. The molecule has 3 aliphatic heterocycles. The zero-order valence-electron chi connectivity index (χ0n) is 19.5. The Bertz CT molecular complexity index is 996. The molecule has 1 unspecified atom stereocenters. The molecule has 4 rings (SSSR count). The number of rotatable bonds is 4. The third-order valence-electron chi connectivity index (χ3n) is 7.22. The van der Waals surface area contributed by atoms with E-state index in [1.54, 1.807) is 27.4 Å². The molecule has 1 atom stereocenters. The number of hydrogen-bond acceptors (Lipinski definition) is 4. The summed E-state index contributed by atoms with van der Waals surface area (Å²) in [5.41, 5.74) is 0.446. The van der Waals surface area contributed by atoms with Gasteiger partial charge in [-0.05, 0) is 69.2 Å². The fourth-order valence-corrected chi connectivity index (χ4v) is 6.82. The summed E-state index contributed by atoms with van der Waals surface area (Å²) in [6.45, 7) is 8.23. The summed E-state index contributed by atoms with van der Waals surface area (Å²) in [4.78, 5) is 29.9. The number of piperidine rings is 1. The van der Waals surface area contributed by atoms with Crippen LogP contribution in [0.15, 0.2) is 23.1 Å². The molecule has 2 amide bonds. The molecule has 2 fully saturated rings. The zero-order chi connectivity index (χ0) is 23.1. The number of anilines is 1. The minimum absolute atomic E-state index is 0.00496. The van der Waals surface area contributed by atoms with Crippen LogP contribution in [-0.2, 0) is 25.0 Å². The van der Waals surface area contributed by atoms with Gasteiger partial charge < -0.3 is 9.80 Å². The predicted molar refractivity (Wildman–Crippen MR) is 124 cm³/mol. The molecule has 0 bridgehead atoms. The van der Waals surface area contributed by atoms with Crippen LogP contribution in [0.3, 0.4) is 0 Å². The highest BCUT2D eigenvalue weighted by Crippen LogP contribution is 2.43. The molecule has 0 aliphatic carbocycles. The van der Waals surface area contributed by atoms with Crippen LogP contribution in [0.5, 0.6) is 0 Å². The quantitative estimate of drug-likeness (QED) is 0.690. The maximum absolute atomic E-state index is 13.3. The van der Waals surface area contributed by atoms with E-state index in [1.165, 1.54) is 0 Å². The van der Waals surface area contributed by atoms with Gasteiger partial charge in [0.05, 0.1) is 10.3 Å². The van der Waals surface area contributed by atoms with Crippen molar-refractivity contribution in [3.05, 3.63) is 23.8 Å². The van der Waals surface area contributed by atoms with E-state index in [0.29, 0.717) is 30.3 Å². The Hall–Kier alpha value is -1.93. The number of nitrogens with zero attached hydrogens (tertiary/aromatic N) is 3. The lowest BCUT2D eigenvalue weighted by Gasteiger charge is -2.30. The van der Waals surface area contributed by atoms with Gasteiger partial charge in [-0.3, -0.25) is 9.59 Å². The van der Waals surface area contributed by atoms with Crippen molar-refractivity contribution in [3.8, 4) is 0 Å². The molecule has 1 aromatic rings. The molecule has 0 radical (unpaired) electrons. The summed E-state index contributed by atoms with van der Waals surface area (Å²) in [6, 6.07) is 4.95. The van der Waals surface area contributed by atoms with E-state index in [4.69, 9.17) is 0 Å². The van der Waals surface area contributed by atoms with E-state index in [0.717, 1.165) is 51.6 Å². The fraction of sp³-hybridized carbons (Fsp3) is 0.667. The number of hydrogen-bond donors (Lipinski definition) is 0. The van der Waals surface area contributed by atoms with E-state index >= 15 is 0 Å². The summed E-state index contributed by atoms with van der Waals surface area (Å²) in [7, 11) is -3.62. The Kier molecular flexibility index (Phi) is 6.38. The van der Waals surface area contributed by atoms with Gasteiger partial charge in [0.2, 0.25) is 21.8 Å². The number of carbonyl (C=O) groups excluding carboxylic acids is 2. The molecule has 0 spiro atoms. The molecule has 176 valence electrons. The third-order valence-corrected chi connectivity index (χ3v) is 9.08. The van der Waals surface area contributed by atoms with Crippen LogP contribution in [-0.4, -0.2) is 62.2 Å². The van der Waals surface area contributed by atoms with Gasteiger partial charge in [-0.25, -0.2) is 8.42 Å². The van der Waals surface area contributed by atoms with Crippen molar-refractivity contribution in [2.75, 3.05) is 37.6 Å². The van der Waals surface area contributed by atoms with E-state index in [1.807, 2.05) is 18.7 Å². The van der Waals surface area contributed by atoms with E-state index in [9.17, 15) is 18.0 Å². The van der Waals surface area contributed by atoms with Crippen LogP contribution < -0.4 is 4.90 Å². The average molecular weight is 462 g/mol. The van der Waals surface area contributed by atoms with Gasteiger partial charge in [-0.15, -0.1) is 0 Å².